The van der Waals surface area contributed by atoms with Gasteiger partial charge in [-0.3, -0.25) is 4.79 Å². The molecule has 2 unspecified atom stereocenters. The highest BCUT2D eigenvalue weighted by Gasteiger charge is 2.32. The Morgan fingerprint density at radius 2 is 1.77 bits per heavy atom. The number of hydrogen-bond acceptors (Lipinski definition) is 2. The summed E-state index contributed by atoms with van der Waals surface area (Å²) in [5, 5.41) is 2.51. The number of rotatable bonds is 3. The summed E-state index contributed by atoms with van der Waals surface area (Å²) in [6.45, 7) is 0. The Morgan fingerprint density at radius 3 is 2.45 bits per heavy atom. The number of nitrogens with zero attached hydrogens (tertiary/aromatic N) is 1. The van der Waals surface area contributed by atoms with Crippen molar-refractivity contribution in [1.82, 2.24) is 4.90 Å². The van der Waals surface area contributed by atoms with Crippen molar-refractivity contribution in [3.8, 4) is 0 Å². The van der Waals surface area contributed by atoms with Gasteiger partial charge >= 0.3 is 0 Å². The van der Waals surface area contributed by atoms with Gasteiger partial charge < -0.3 is 4.90 Å². The molecular weight excluding hydrogens is 294 g/mol. The molecule has 1 fully saturated rings. The quantitative estimate of drug-likeness (QED) is 0.823. The minimum Gasteiger partial charge on any atom is -0.302 e. The lowest BCUT2D eigenvalue weighted by Gasteiger charge is -2.34. The van der Waals surface area contributed by atoms with Gasteiger partial charge in [0.25, 0.3) is 0 Å². The average Bonchev–Trinajstić information content (AvgIpc) is 2.49. The van der Waals surface area contributed by atoms with Gasteiger partial charge in [0.05, 0.1) is 0 Å². The normalized spacial score (nSPS) is 20.0. The third-order valence-corrected chi connectivity index (χ3v) is 4.65. The van der Waals surface area contributed by atoms with Crippen molar-refractivity contribution in [1.29, 1.82) is 0 Å². The molecule has 0 aromatic heterocycles. The van der Waals surface area contributed by atoms with E-state index in [2.05, 4.69) is 61.5 Å². The van der Waals surface area contributed by atoms with Crippen molar-refractivity contribution < 1.29 is 4.79 Å². The van der Waals surface area contributed by atoms with Crippen LogP contribution in [0.3, 0.4) is 0 Å². The van der Waals surface area contributed by atoms with E-state index < -0.39 is 0 Å². The largest absolute Gasteiger partial charge is 0.302 e. The minimum absolute atomic E-state index is 0. The highest BCUT2D eigenvalue weighted by molar-refractivity contribution is 5.85. The molecule has 2 aromatic rings. The van der Waals surface area contributed by atoms with Crippen LogP contribution in [-0.4, -0.2) is 24.8 Å². The van der Waals surface area contributed by atoms with Gasteiger partial charge in [-0.2, -0.15) is 0 Å². The van der Waals surface area contributed by atoms with E-state index >= 15 is 0 Å². The summed E-state index contributed by atoms with van der Waals surface area (Å²) >= 11 is 0. The third kappa shape index (κ3) is 3.34. The summed E-state index contributed by atoms with van der Waals surface area (Å²) in [5.41, 5.74) is 1.26. The number of fused-ring (bicyclic) bond motifs is 1. The number of ketones is 1. The van der Waals surface area contributed by atoms with Crippen LogP contribution in [0.4, 0.5) is 0 Å². The summed E-state index contributed by atoms with van der Waals surface area (Å²) in [6.07, 6.45) is 4.01. The standard InChI is InChI=1S/C19H23NO.ClH/c1-20(2)19(17-9-5-6-10-18(17)21)16-12-11-14-7-3-4-8-15(14)13-16;/h3-4,7-8,11-13,17,19H,5-6,9-10H2,1-2H3;1H. The zero-order valence-electron chi connectivity index (χ0n) is 13.3. The SMILES string of the molecule is CN(C)C(c1ccc2ccccc2c1)C1CCCCC1=O.Cl. The molecule has 0 aliphatic heterocycles. The molecule has 118 valence electrons. The van der Waals surface area contributed by atoms with Crippen LogP contribution in [0.15, 0.2) is 42.5 Å². The van der Waals surface area contributed by atoms with Crippen molar-refractivity contribution in [2.24, 2.45) is 5.92 Å². The van der Waals surface area contributed by atoms with Crippen LogP contribution in [0.5, 0.6) is 0 Å². The Hall–Kier alpha value is -1.38. The van der Waals surface area contributed by atoms with Crippen molar-refractivity contribution in [2.45, 2.75) is 31.7 Å². The van der Waals surface area contributed by atoms with Gasteiger partial charge in [0.2, 0.25) is 0 Å². The number of benzene rings is 2. The van der Waals surface area contributed by atoms with Gasteiger partial charge in [-0.25, -0.2) is 0 Å². The molecule has 1 aliphatic carbocycles. The Kier molecular flexibility index (Phi) is 5.60. The molecule has 0 radical (unpaired) electrons. The van der Waals surface area contributed by atoms with Gasteiger partial charge in [0.15, 0.2) is 0 Å². The Balaban J connectivity index is 0.00000176. The predicted octanol–water partition coefficient (Wildman–Crippen LogP) is 4.62. The number of hydrogen-bond donors (Lipinski definition) is 0. The monoisotopic (exact) mass is 317 g/mol. The van der Waals surface area contributed by atoms with Crippen LogP contribution in [0.25, 0.3) is 10.8 Å². The summed E-state index contributed by atoms with van der Waals surface area (Å²) in [6, 6.07) is 15.2. The first-order chi connectivity index (χ1) is 10.2. The van der Waals surface area contributed by atoms with Crippen LogP contribution in [-0.2, 0) is 4.79 Å². The Morgan fingerprint density at radius 1 is 1.05 bits per heavy atom. The summed E-state index contributed by atoms with van der Waals surface area (Å²) in [4.78, 5) is 14.6. The summed E-state index contributed by atoms with van der Waals surface area (Å²) in [5.74, 6) is 0.586. The fourth-order valence-corrected chi connectivity index (χ4v) is 3.63. The highest BCUT2D eigenvalue weighted by atomic mass is 35.5. The van der Waals surface area contributed by atoms with Crippen LogP contribution in [0.2, 0.25) is 0 Å². The van der Waals surface area contributed by atoms with E-state index in [1.807, 2.05) is 0 Å². The maximum Gasteiger partial charge on any atom is 0.137 e. The third-order valence-electron chi connectivity index (χ3n) is 4.65. The van der Waals surface area contributed by atoms with Gasteiger partial charge in [-0.05, 0) is 49.3 Å². The molecule has 0 amide bonds. The van der Waals surface area contributed by atoms with Crippen LogP contribution < -0.4 is 0 Å². The van der Waals surface area contributed by atoms with Gasteiger partial charge in [-0.15, -0.1) is 12.4 Å². The molecule has 2 aromatic carbocycles. The second-order valence-electron chi connectivity index (χ2n) is 6.33. The summed E-state index contributed by atoms with van der Waals surface area (Å²) < 4.78 is 0. The zero-order valence-corrected chi connectivity index (χ0v) is 14.1. The van der Waals surface area contributed by atoms with Crippen molar-refractivity contribution in [3.05, 3.63) is 48.0 Å². The lowest BCUT2D eigenvalue weighted by molar-refractivity contribution is -0.126. The van der Waals surface area contributed by atoms with Crippen molar-refractivity contribution in [2.75, 3.05) is 14.1 Å². The molecular formula is C19H24ClNO. The molecule has 2 nitrogen and oxygen atoms in total. The summed E-state index contributed by atoms with van der Waals surface area (Å²) in [7, 11) is 4.17. The number of carbonyl (C=O) groups excluding carboxylic acids is 1. The molecule has 0 spiro atoms. The highest BCUT2D eigenvalue weighted by Crippen LogP contribution is 2.36. The zero-order chi connectivity index (χ0) is 14.8. The molecule has 0 N–H and O–H groups in total. The first kappa shape index (κ1) is 17.0. The first-order valence-electron chi connectivity index (χ1n) is 7.84. The molecule has 1 aliphatic rings. The maximum atomic E-state index is 12.4. The lowest BCUT2D eigenvalue weighted by Crippen LogP contribution is -2.34. The van der Waals surface area contributed by atoms with Gasteiger partial charge in [-0.1, -0.05) is 42.8 Å². The second kappa shape index (κ2) is 7.26. The maximum absolute atomic E-state index is 12.4. The molecule has 22 heavy (non-hydrogen) atoms. The van der Waals surface area contributed by atoms with Gasteiger partial charge in [0.1, 0.15) is 5.78 Å². The molecule has 0 saturated heterocycles. The molecule has 3 rings (SSSR count). The first-order valence-corrected chi connectivity index (χ1v) is 7.84. The van der Waals surface area contributed by atoms with E-state index in [0.717, 1.165) is 19.3 Å². The van der Waals surface area contributed by atoms with Crippen molar-refractivity contribution >= 4 is 29.0 Å². The van der Waals surface area contributed by atoms with E-state index in [1.165, 1.54) is 22.8 Å². The van der Waals surface area contributed by atoms with Crippen LogP contribution >= 0.6 is 12.4 Å². The molecule has 1 saturated carbocycles. The molecule has 0 bridgehead atoms. The average molecular weight is 318 g/mol. The lowest BCUT2D eigenvalue weighted by atomic mass is 9.79. The smallest absolute Gasteiger partial charge is 0.137 e. The van der Waals surface area contributed by atoms with E-state index in [0.29, 0.717) is 5.78 Å². The van der Waals surface area contributed by atoms with Gasteiger partial charge in [0, 0.05) is 18.4 Å². The van der Waals surface area contributed by atoms with Crippen LogP contribution in [0, 0.1) is 5.92 Å². The minimum atomic E-state index is 0. The fraction of sp³-hybridized carbons (Fsp3) is 0.421. The van der Waals surface area contributed by atoms with E-state index in [-0.39, 0.29) is 24.4 Å². The molecule has 3 heteroatoms. The van der Waals surface area contributed by atoms with E-state index in [1.54, 1.807) is 0 Å². The Labute approximate surface area is 138 Å². The number of carbonyl (C=O) groups is 1. The molecule has 0 heterocycles. The fourth-order valence-electron chi connectivity index (χ4n) is 3.63. The topological polar surface area (TPSA) is 20.3 Å². The number of halogens is 1. The van der Waals surface area contributed by atoms with Crippen molar-refractivity contribution in [3.63, 3.8) is 0 Å². The van der Waals surface area contributed by atoms with E-state index in [9.17, 15) is 4.79 Å². The molecule has 2 atom stereocenters. The second-order valence-corrected chi connectivity index (χ2v) is 6.33. The number of Topliss-reactive ketones (excluding diaryl/α,β-unsaturated/α-hetero) is 1. The van der Waals surface area contributed by atoms with E-state index in [4.69, 9.17) is 0 Å². The predicted molar refractivity (Wildman–Crippen MR) is 94.6 cm³/mol. The van der Waals surface area contributed by atoms with Crippen LogP contribution in [0.1, 0.15) is 37.3 Å². The Bertz CT molecular complexity index is 653.